The van der Waals surface area contributed by atoms with Crippen molar-refractivity contribution < 1.29 is 28.8 Å². The maximum atomic E-state index is 12.0. The second-order valence-corrected chi connectivity index (χ2v) is 4.97. The Morgan fingerprint density at radius 3 is 2.29 bits per heavy atom. The number of carbonyl (C=O) groups is 3. The van der Waals surface area contributed by atoms with Gasteiger partial charge in [-0.3, -0.25) is 14.9 Å². The van der Waals surface area contributed by atoms with Gasteiger partial charge in [0.15, 0.2) is 6.61 Å². The number of methoxy groups -OCH3 is 1. The molecular weight excluding hydrogens is 320 g/mol. The quantitative estimate of drug-likeness (QED) is 0.453. The number of hydrogen-bond donors (Lipinski definition) is 1. The molecular formula is C15H18N2O7. The number of nitrogens with one attached hydrogen (secondary N) is 1. The highest BCUT2D eigenvalue weighted by Crippen LogP contribution is 2.18. The van der Waals surface area contributed by atoms with Gasteiger partial charge >= 0.3 is 11.9 Å². The first-order valence-electron chi connectivity index (χ1n) is 7.12. The summed E-state index contributed by atoms with van der Waals surface area (Å²) < 4.78 is 9.29. The number of hydrogen-bond acceptors (Lipinski definition) is 7. The second kappa shape index (κ2) is 8.61. The molecule has 1 atom stereocenters. The number of nitrogens with zero attached hydrogens (tertiary/aromatic N) is 1. The minimum atomic E-state index is -0.955. The van der Waals surface area contributed by atoms with E-state index in [1.54, 1.807) is 6.92 Å². The molecule has 0 aliphatic heterocycles. The van der Waals surface area contributed by atoms with Crippen molar-refractivity contribution in [3.05, 3.63) is 39.4 Å². The molecule has 130 valence electrons. The van der Waals surface area contributed by atoms with E-state index < -0.39 is 35.1 Å². The second-order valence-electron chi connectivity index (χ2n) is 4.97. The van der Waals surface area contributed by atoms with E-state index in [1.165, 1.54) is 0 Å². The van der Waals surface area contributed by atoms with Crippen LogP contribution in [0.25, 0.3) is 0 Å². The van der Waals surface area contributed by atoms with Crippen LogP contribution in [0.1, 0.15) is 41.0 Å². The molecule has 0 spiro atoms. The lowest BCUT2D eigenvalue weighted by atomic mass is 10.1. The van der Waals surface area contributed by atoms with Gasteiger partial charge in [0, 0.05) is 18.2 Å². The van der Waals surface area contributed by atoms with Crippen molar-refractivity contribution in [3.8, 4) is 0 Å². The van der Waals surface area contributed by atoms with Gasteiger partial charge < -0.3 is 14.8 Å². The highest BCUT2D eigenvalue weighted by molar-refractivity contribution is 5.97. The third-order valence-corrected chi connectivity index (χ3v) is 3.14. The lowest BCUT2D eigenvalue weighted by Gasteiger charge is -2.11. The van der Waals surface area contributed by atoms with Crippen LogP contribution in [0.5, 0.6) is 0 Å². The van der Waals surface area contributed by atoms with Crippen molar-refractivity contribution in [1.29, 1.82) is 0 Å². The standard InChI is InChI=1S/C15H18N2O7/c1-4-9(2)16-13(18)8-24-15(20)11-5-10(14(19)23-3)6-12(7-11)17(21)22/h5-7,9H,4,8H2,1-3H3,(H,16,18)/t9-/m0/s1. The van der Waals surface area contributed by atoms with E-state index in [4.69, 9.17) is 4.74 Å². The molecule has 0 saturated heterocycles. The zero-order chi connectivity index (χ0) is 18.3. The van der Waals surface area contributed by atoms with Gasteiger partial charge in [-0.25, -0.2) is 9.59 Å². The van der Waals surface area contributed by atoms with Gasteiger partial charge in [-0.1, -0.05) is 6.92 Å². The molecule has 0 unspecified atom stereocenters. The van der Waals surface area contributed by atoms with Gasteiger partial charge in [-0.15, -0.1) is 0 Å². The molecule has 9 nitrogen and oxygen atoms in total. The maximum Gasteiger partial charge on any atom is 0.338 e. The van der Waals surface area contributed by atoms with Crippen LogP contribution in [0, 0.1) is 10.1 Å². The smallest absolute Gasteiger partial charge is 0.338 e. The van der Waals surface area contributed by atoms with Gasteiger partial charge in [0.2, 0.25) is 0 Å². The summed E-state index contributed by atoms with van der Waals surface area (Å²) in [7, 11) is 1.11. The summed E-state index contributed by atoms with van der Waals surface area (Å²) >= 11 is 0. The molecule has 24 heavy (non-hydrogen) atoms. The van der Waals surface area contributed by atoms with E-state index in [2.05, 4.69) is 10.1 Å². The highest BCUT2D eigenvalue weighted by atomic mass is 16.6. The Morgan fingerprint density at radius 2 is 1.79 bits per heavy atom. The Hall–Kier alpha value is -2.97. The molecule has 1 rings (SSSR count). The fourth-order valence-electron chi connectivity index (χ4n) is 1.70. The van der Waals surface area contributed by atoms with Gasteiger partial charge in [0.05, 0.1) is 23.2 Å². The van der Waals surface area contributed by atoms with Gasteiger partial charge in [0.1, 0.15) is 0 Å². The van der Waals surface area contributed by atoms with Crippen LogP contribution in [0.4, 0.5) is 5.69 Å². The molecule has 1 aromatic carbocycles. The van der Waals surface area contributed by atoms with E-state index in [0.717, 1.165) is 25.3 Å². The normalized spacial score (nSPS) is 11.3. The number of nitro groups is 1. The summed E-state index contributed by atoms with van der Waals surface area (Å²) in [5.74, 6) is -2.28. The maximum absolute atomic E-state index is 12.0. The molecule has 0 fully saturated rings. The first-order valence-corrected chi connectivity index (χ1v) is 7.12. The van der Waals surface area contributed by atoms with Crippen LogP contribution in [-0.4, -0.2) is 42.5 Å². The Kier molecular flexibility index (Phi) is 6.84. The van der Waals surface area contributed by atoms with E-state index in [9.17, 15) is 24.5 Å². The Morgan fingerprint density at radius 1 is 1.21 bits per heavy atom. The van der Waals surface area contributed by atoms with Crippen LogP contribution in [0.2, 0.25) is 0 Å². The average molecular weight is 338 g/mol. The molecule has 0 radical (unpaired) electrons. The monoisotopic (exact) mass is 338 g/mol. The van der Waals surface area contributed by atoms with Crippen LogP contribution >= 0.6 is 0 Å². The predicted molar refractivity (Wildman–Crippen MR) is 82.6 cm³/mol. The molecule has 1 amide bonds. The fraction of sp³-hybridized carbons (Fsp3) is 0.400. The molecule has 0 heterocycles. The van der Waals surface area contributed by atoms with Crippen LogP contribution in [0.3, 0.4) is 0 Å². The van der Waals surface area contributed by atoms with Gasteiger partial charge in [-0.2, -0.15) is 0 Å². The molecule has 1 aromatic rings. The zero-order valence-electron chi connectivity index (χ0n) is 13.5. The van der Waals surface area contributed by atoms with Crippen LogP contribution in [0.15, 0.2) is 18.2 Å². The summed E-state index contributed by atoms with van der Waals surface area (Å²) in [5.41, 5.74) is -0.849. The van der Waals surface area contributed by atoms with E-state index in [-0.39, 0.29) is 17.2 Å². The first kappa shape index (κ1) is 19.1. The van der Waals surface area contributed by atoms with Crippen molar-refractivity contribution in [2.75, 3.05) is 13.7 Å². The Balaban J connectivity index is 2.89. The number of non-ortho nitro benzene ring substituents is 1. The number of ether oxygens (including phenoxy) is 2. The Bertz CT molecular complexity index is 657. The first-order chi connectivity index (χ1) is 11.3. The van der Waals surface area contributed by atoms with E-state index >= 15 is 0 Å². The third-order valence-electron chi connectivity index (χ3n) is 3.14. The summed E-state index contributed by atoms with van der Waals surface area (Å²) in [6, 6.07) is 2.98. The summed E-state index contributed by atoms with van der Waals surface area (Å²) in [6.07, 6.45) is 0.715. The fourth-order valence-corrected chi connectivity index (χ4v) is 1.70. The molecule has 9 heteroatoms. The summed E-state index contributed by atoms with van der Waals surface area (Å²) in [5, 5.41) is 13.5. The summed E-state index contributed by atoms with van der Waals surface area (Å²) in [4.78, 5) is 45.2. The Labute approximate surface area is 138 Å². The largest absolute Gasteiger partial charge is 0.465 e. The SMILES string of the molecule is CC[C@H](C)NC(=O)COC(=O)c1cc(C(=O)OC)cc([N+](=O)[O-])c1. The molecule has 0 saturated carbocycles. The van der Waals surface area contributed by atoms with Crippen molar-refractivity contribution in [2.24, 2.45) is 0 Å². The molecule has 0 aromatic heterocycles. The molecule has 0 aliphatic rings. The lowest BCUT2D eigenvalue weighted by molar-refractivity contribution is -0.384. The van der Waals surface area contributed by atoms with Crippen molar-refractivity contribution in [2.45, 2.75) is 26.3 Å². The number of carbonyl (C=O) groups excluding carboxylic acids is 3. The highest BCUT2D eigenvalue weighted by Gasteiger charge is 2.20. The van der Waals surface area contributed by atoms with Crippen LogP contribution < -0.4 is 5.32 Å². The topological polar surface area (TPSA) is 125 Å². The lowest BCUT2D eigenvalue weighted by Crippen LogP contribution is -2.35. The zero-order valence-corrected chi connectivity index (χ0v) is 13.5. The van der Waals surface area contributed by atoms with Crippen molar-refractivity contribution in [3.63, 3.8) is 0 Å². The predicted octanol–water partition coefficient (Wildman–Crippen LogP) is 1.45. The van der Waals surface area contributed by atoms with Crippen LogP contribution in [-0.2, 0) is 14.3 Å². The molecule has 1 N–H and O–H groups in total. The van der Waals surface area contributed by atoms with E-state index in [1.807, 2.05) is 6.92 Å². The van der Waals surface area contributed by atoms with Crippen molar-refractivity contribution >= 4 is 23.5 Å². The third kappa shape index (κ3) is 5.34. The minimum absolute atomic E-state index is 0.0695. The molecule has 0 aliphatic carbocycles. The number of benzene rings is 1. The number of nitro benzene ring substituents is 1. The number of esters is 2. The molecule has 0 bridgehead atoms. The van der Waals surface area contributed by atoms with Crippen molar-refractivity contribution in [1.82, 2.24) is 5.32 Å². The average Bonchev–Trinajstić information content (AvgIpc) is 2.58. The minimum Gasteiger partial charge on any atom is -0.465 e. The van der Waals surface area contributed by atoms with E-state index in [0.29, 0.717) is 6.42 Å². The number of amides is 1. The summed E-state index contributed by atoms with van der Waals surface area (Å²) in [6.45, 7) is 3.15. The van der Waals surface area contributed by atoms with Gasteiger partial charge in [0.25, 0.3) is 11.6 Å². The van der Waals surface area contributed by atoms with Gasteiger partial charge in [-0.05, 0) is 19.4 Å². The number of rotatable bonds is 7.